The third kappa shape index (κ3) is 3.61. The van der Waals surface area contributed by atoms with Crippen molar-refractivity contribution in [1.29, 1.82) is 0 Å². The summed E-state index contributed by atoms with van der Waals surface area (Å²) in [5.41, 5.74) is 1.82. The lowest BCUT2D eigenvalue weighted by atomic mass is 10.4. The van der Waals surface area contributed by atoms with Crippen LogP contribution in [0.3, 0.4) is 0 Å². The average molecular weight is 280 g/mol. The Bertz CT molecular complexity index is 588. The number of halogens is 1. The third-order valence-electron chi connectivity index (χ3n) is 2.55. The molecule has 0 atom stereocenters. The van der Waals surface area contributed by atoms with Crippen LogP contribution in [0.25, 0.3) is 5.65 Å². The van der Waals surface area contributed by atoms with Crippen molar-refractivity contribution in [3.63, 3.8) is 0 Å². The Hall–Kier alpha value is -1.75. The second-order valence-corrected chi connectivity index (χ2v) is 5.01. The predicted molar refractivity (Wildman–Crippen MR) is 78.7 cm³/mol. The minimum atomic E-state index is 0.339. The maximum atomic E-state index is 5.94. The Morgan fingerprint density at radius 3 is 2.89 bits per heavy atom. The summed E-state index contributed by atoms with van der Waals surface area (Å²) in [6, 6.07) is 4.07. The molecule has 0 fully saturated rings. The fourth-order valence-corrected chi connectivity index (χ4v) is 1.91. The molecule has 19 heavy (non-hydrogen) atoms. The zero-order valence-corrected chi connectivity index (χ0v) is 12.1. The summed E-state index contributed by atoms with van der Waals surface area (Å²) in [6.07, 6.45) is 3.80. The number of nitrogens with one attached hydrogen (secondary N) is 2. The standard InChI is InChI=1S/C13H18ClN5/c1-9(2)17-13(15-3)16-6-11-8-19-7-10(14)4-5-12(19)18-11/h4-5,7-9H,6H2,1-3H3,(H2,15,16,17). The first kappa shape index (κ1) is 13.7. The highest BCUT2D eigenvalue weighted by molar-refractivity contribution is 6.30. The van der Waals surface area contributed by atoms with Crippen LogP contribution in [-0.2, 0) is 6.54 Å². The van der Waals surface area contributed by atoms with Crippen molar-refractivity contribution >= 4 is 23.2 Å². The SMILES string of the molecule is CN=C(NCc1cn2cc(Cl)ccc2n1)NC(C)C. The molecule has 0 unspecified atom stereocenters. The van der Waals surface area contributed by atoms with Gasteiger partial charge in [-0.3, -0.25) is 4.99 Å². The van der Waals surface area contributed by atoms with E-state index in [1.807, 2.05) is 28.9 Å². The minimum absolute atomic E-state index is 0.339. The van der Waals surface area contributed by atoms with E-state index in [1.54, 1.807) is 7.05 Å². The summed E-state index contributed by atoms with van der Waals surface area (Å²) in [5.74, 6) is 0.769. The summed E-state index contributed by atoms with van der Waals surface area (Å²) in [7, 11) is 1.75. The van der Waals surface area contributed by atoms with Crippen LogP contribution in [0.4, 0.5) is 0 Å². The molecule has 0 saturated carbocycles. The maximum absolute atomic E-state index is 5.94. The molecule has 0 spiro atoms. The molecule has 2 aromatic heterocycles. The van der Waals surface area contributed by atoms with E-state index in [4.69, 9.17) is 11.6 Å². The third-order valence-corrected chi connectivity index (χ3v) is 2.77. The number of pyridine rings is 1. The Kier molecular flexibility index (Phi) is 4.27. The van der Waals surface area contributed by atoms with E-state index in [-0.39, 0.29) is 0 Å². The van der Waals surface area contributed by atoms with Gasteiger partial charge in [0.25, 0.3) is 0 Å². The van der Waals surface area contributed by atoms with Gasteiger partial charge in [0, 0.05) is 25.5 Å². The van der Waals surface area contributed by atoms with Gasteiger partial charge >= 0.3 is 0 Å². The monoisotopic (exact) mass is 279 g/mol. The summed E-state index contributed by atoms with van der Waals surface area (Å²) in [4.78, 5) is 8.65. The van der Waals surface area contributed by atoms with Crippen molar-refractivity contribution < 1.29 is 0 Å². The zero-order valence-electron chi connectivity index (χ0n) is 11.3. The van der Waals surface area contributed by atoms with Crippen molar-refractivity contribution in [3.05, 3.63) is 35.2 Å². The van der Waals surface area contributed by atoms with E-state index in [1.165, 1.54) is 0 Å². The van der Waals surface area contributed by atoms with Crippen molar-refractivity contribution in [3.8, 4) is 0 Å². The Balaban J connectivity index is 2.05. The van der Waals surface area contributed by atoms with Gasteiger partial charge in [0.15, 0.2) is 5.96 Å². The van der Waals surface area contributed by atoms with Crippen LogP contribution in [0, 0.1) is 0 Å². The molecule has 2 aromatic rings. The summed E-state index contributed by atoms with van der Waals surface area (Å²) in [6.45, 7) is 4.76. The lowest BCUT2D eigenvalue weighted by molar-refractivity contribution is 0.697. The molecule has 6 heteroatoms. The molecule has 5 nitrogen and oxygen atoms in total. The van der Waals surface area contributed by atoms with Crippen LogP contribution < -0.4 is 10.6 Å². The first-order valence-electron chi connectivity index (χ1n) is 6.19. The number of hydrogen-bond donors (Lipinski definition) is 2. The van der Waals surface area contributed by atoms with Gasteiger partial charge < -0.3 is 15.0 Å². The molecular formula is C13H18ClN5. The first-order valence-corrected chi connectivity index (χ1v) is 6.56. The van der Waals surface area contributed by atoms with Gasteiger partial charge in [-0.25, -0.2) is 4.98 Å². The van der Waals surface area contributed by atoms with E-state index in [0.29, 0.717) is 17.6 Å². The van der Waals surface area contributed by atoms with Crippen molar-refractivity contribution in [2.45, 2.75) is 26.4 Å². The molecular weight excluding hydrogens is 262 g/mol. The van der Waals surface area contributed by atoms with Crippen LogP contribution in [0.5, 0.6) is 0 Å². The number of aromatic nitrogens is 2. The molecule has 2 heterocycles. The molecule has 0 bridgehead atoms. The molecule has 0 aliphatic rings. The fraction of sp³-hybridized carbons (Fsp3) is 0.385. The largest absolute Gasteiger partial charge is 0.354 e. The van der Waals surface area contributed by atoms with Crippen LogP contribution in [0.15, 0.2) is 29.5 Å². The van der Waals surface area contributed by atoms with Crippen LogP contribution >= 0.6 is 11.6 Å². The molecule has 0 saturated heterocycles. The van der Waals surface area contributed by atoms with Crippen LogP contribution in [0.2, 0.25) is 5.02 Å². The van der Waals surface area contributed by atoms with Gasteiger partial charge in [0.05, 0.1) is 17.3 Å². The normalized spacial score (nSPS) is 12.2. The maximum Gasteiger partial charge on any atom is 0.191 e. The number of fused-ring (bicyclic) bond motifs is 1. The van der Waals surface area contributed by atoms with E-state index < -0.39 is 0 Å². The number of nitrogens with zero attached hydrogens (tertiary/aromatic N) is 3. The number of hydrogen-bond acceptors (Lipinski definition) is 2. The van der Waals surface area contributed by atoms with Gasteiger partial charge in [-0.2, -0.15) is 0 Å². The van der Waals surface area contributed by atoms with E-state index in [2.05, 4.69) is 34.5 Å². The summed E-state index contributed by atoms with van der Waals surface area (Å²) in [5, 5.41) is 7.14. The first-order chi connectivity index (χ1) is 9.08. The molecule has 0 aliphatic carbocycles. The molecule has 2 N–H and O–H groups in total. The second-order valence-electron chi connectivity index (χ2n) is 4.57. The highest BCUT2D eigenvalue weighted by Gasteiger charge is 2.04. The fourth-order valence-electron chi connectivity index (χ4n) is 1.74. The zero-order chi connectivity index (χ0) is 13.8. The van der Waals surface area contributed by atoms with E-state index >= 15 is 0 Å². The predicted octanol–water partition coefficient (Wildman–Crippen LogP) is 2.06. The second kappa shape index (κ2) is 5.93. The minimum Gasteiger partial charge on any atom is -0.354 e. The Labute approximate surface area is 117 Å². The van der Waals surface area contributed by atoms with Gasteiger partial charge in [-0.15, -0.1) is 0 Å². The van der Waals surface area contributed by atoms with Crippen LogP contribution in [-0.4, -0.2) is 28.4 Å². The quantitative estimate of drug-likeness (QED) is 0.668. The Morgan fingerprint density at radius 2 is 2.21 bits per heavy atom. The van der Waals surface area contributed by atoms with Gasteiger partial charge in [-0.05, 0) is 26.0 Å². The molecule has 0 amide bonds. The number of aliphatic imine (C=N–C) groups is 1. The van der Waals surface area contributed by atoms with Gasteiger partial charge in [-0.1, -0.05) is 11.6 Å². The van der Waals surface area contributed by atoms with E-state index in [0.717, 1.165) is 17.3 Å². The molecule has 102 valence electrons. The summed E-state index contributed by atoms with van der Waals surface area (Å²) >= 11 is 5.94. The number of guanidine groups is 1. The van der Waals surface area contributed by atoms with E-state index in [9.17, 15) is 0 Å². The van der Waals surface area contributed by atoms with Crippen molar-refractivity contribution in [2.24, 2.45) is 4.99 Å². The molecule has 2 rings (SSSR count). The molecule has 0 radical (unpaired) electrons. The number of rotatable bonds is 3. The average Bonchev–Trinajstić information content (AvgIpc) is 2.75. The topological polar surface area (TPSA) is 53.7 Å². The smallest absolute Gasteiger partial charge is 0.191 e. The number of imidazole rings is 1. The van der Waals surface area contributed by atoms with Crippen molar-refractivity contribution in [2.75, 3.05) is 7.05 Å². The summed E-state index contributed by atoms with van der Waals surface area (Å²) < 4.78 is 1.91. The van der Waals surface area contributed by atoms with Gasteiger partial charge in [0.1, 0.15) is 5.65 Å². The molecule has 0 aliphatic heterocycles. The van der Waals surface area contributed by atoms with Crippen LogP contribution in [0.1, 0.15) is 19.5 Å². The highest BCUT2D eigenvalue weighted by Crippen LogP contribution is 2.11. The highest BCUT2D eigenvalue weighted by atomic mass is 35.5. The Morgan fingerprint density at radius 1 is 1.42 bits per heavy atom. The molecule has 0 aromatic carbocycles. The lowest BCUT2D eigenvalue weighted by Gasteiger charge is -2.13. The lowest BCUT2D eigenvalue weighted by Crippen LogP contribution is -2.40. The van der Waals surface area contributed by atoms with Crippen molar-refractivity contribution in [1.82, 2.24) is 20.0 Å². The van der Waals surface area contributed by atoms with Gasteiger partial charge in [0.2, 0.25) is 0 Å².